The van der Waals surface area contributed by atoms with Crippen molar-refractivity contribution in [3.63, 3.8) is 0 Å². The van der Waals surface area contributed by atoms with Gasteiger partial charge in [-0.2, -0.15) is 0 Å². The molecular weight excluding hydrogens is 312 g/mol. The first-order valence-electron chi connectivity index (χ1n) is 8.49. The summed E-state index contributed by atoms with van der Waals surface area (Å²) in [5, 5.41) is 6.19. The van der Waals surface area contributed by atoms with Crippen LogP contribution < -0.4 is 10.6 Å². The Labute approximate surface area is 140 Å². The Morgan fingerprint density at radius 2 is 1.74 bits per heavy atom. The second kappa shape index (κ2) is 7.77. The van der Waals surface area contributed by atoms with Gasteiger partial charge in [0, 0.05) is 31.4 Å². The number of likely N-dealkylation sites (tertiary alicyclic amines) is 1. The molecule has 0 spiro atoms. The van der Waals surface area contributed by atoms with Crippen molar-refractivity contribution in [2.24, 2.45) is 0 Å². The standard InChI is InChI=1S/C16H24N4O2S/c21-15(14-6-9-17-23-14)18-13-7-10-20(11-8-13)16(22)19-12-4-2-1-3-5-12/h6,9,12-13H,1-5,7-8,10-11H2,(H,18,21)(H,19,22). The van der Waals surface area contributed by atoms with E-state index in [-0.39, 0.29) is 18.0 Å². The van der Waals surface area contributed by atoms with Gasteiger partial charge < -0.3 is 15.5 Å². The summed E-state index contributed by atoms with van der Waals surface area (Å²) in [5.41, 5.74) is 0. The zero-order chi connectivity index (χ0) is 16.1. The summed E-state index contributed by atoms with van der Waals surface area (Å²) in [6.45, 7) is 1.40. The molecule has 0 aromatic carbocycles. The fourth-order valence-corrected chi connectivity index (χ4v) is 3.83. The smallest absolute Gasteiger partial charge is 0.317 e. The Balaban J connectivity index is 1.41. The van der Waals surface area contributed by atoms with Gasteiger partial charge in [-0.05, 0) is 43.3 Å². The van der Waals surface area contributed by atoms with E-state index in [0.717, 1.165) is 25.7 Å². The maximum absolute atomic E-state index is 12.3. The van der Waals surface area contributed by atoms with E-state index in [1.165, 1.54) is 30.8 Å². The van der Waals surface area contributed by atoms with Gasteiger partial charge in [-0.15, -0.1) is 0 Å². The predicted molar refractivity (Wildman–Crippen MR) is 89.6 cm³/mol. The van der Waals surface area contributed by atoms with E-state index >= 15 is 0 Å². The molecule has 7 heteroatoms. The van der Waals surface area contributed by atoms with Crippen molar-refractivity contribution < 1.29 is 9.59 Å². The van der Waals surface area contributed by atoms with Crippen LogP contribution >= 0.6 is 11.5 Å². The first-order chi connectivity index (χ1) is 11.2. The second-order valence-corrected chi connectivity index (χ2v) is 7.23. The molecule has 0 bridgehead atoms. The second-order valence-electron chi connectivity index (χ2n) is 6.40. The number of piperidine rings is 1. The fraction of sp³-hybridized carbons (Fsp3) is 0.688. The third-order valence-electron chi connectivity index (χ3n) is 4.71. The highest BCUT2D eigenvalue weighted by Crippen LogP contribution is 2.18. The Hall–Kier alpha value is -1.63. The highest BCUT2D eigenvalue weighted by atomic mass is 32.1. The van der Waals surface area contributed by atoms with Crippen LogP contribution in [0.3, 0.4) is 0 Å². The largest absolute Gasteiger partial charge is 0.348 e. The van der Waals surface area contributed by atoms with Gasteiger partial charge in [-0.1, -0.05) is 19.3 Å². The van der Waals surface area contributed by atoms with Gasteiger partial charge in [0.15, 0.2) is 0 Å². The van der Waals surface area contributed by atoms with Crippen molar-refractivity contribution in [3.8, 4) is 0 Å². The molecule has 2 fully saturated rings. The molecule has 2 N–H and O–H groups in total. The van der Waals surface area contributed by atoms with Crippen molar-refractivity contribution in [1.82, 2.24) is 19.9 Å². The van der Waals surface area contributed by atoms with Gasteiger partial charge in [-0.25, -0.2) is 9.17 Å². The number of amides is 3. The van der Waals surface area contributed by atoms with Crippen LogP contribution in [0.25, 0.3) is 0 Å². The molecule has 2 aliphatic rings. The number of aromatic nitrogens is 1. The minimum absolute atomic E-state index is 0.0578. The zero-order valence-corrected chi connectivity index (χ0v) is 14.1. The number of hydrogen-bond acceptors (Lipinski definition) is 4. The molecule has 0 atom stereocenters. The van der Waals surface area contributed by atoms with Gasteiger partial charge in [0.1, 0.15) is 4.88 Å². The average Bonchev–Trinajstić information content (AvgIpc) is 3.11. The van der Waals surface area contributed by atoms with Crippen LogP contribution in [-0.2, 0) is 0 Å². The van der Waals surface area contributed by atoms with Crippen LogP contribution in [0.5, 0.6) is 0 Å². The lowest BCUT2D eigenvalue weighted by Gasteiger charge is -2.34. The molecule has 1 saturated heterocycles. The first kappa shape index (κ1) is 16.2. The van der Waals surface area contributed by atoms with Crippen LogP contribution in [0.4, 0.5) is 4.79 Å². The van der Waals surface area contributed by atoms with E-state index in [2.05, 4.69) is 15.0 Å². The molecule has 0 radical (unpaired) electrons. The molecule has 6 nitrogen and oxygen atoms in total. The summed E-state index contributed by atoms with van der Waals surface area (Å²) in [5.74, 6) is -0.0578. The quantitative estimate of drug-likeness (QED) is 0.890. The Morgan fingerprint density at radius 3 is 2.39 bits per heavy atom. The Bertz CT molecular complexity index is 520. The van der Waals surface area contributed by atoms with Crippen LogP contribution in [0.2, 0.25) is 0 Å². The monoisotopic (exact) mass is 336 g/mol. The van der Waals surface area contributed by atoms with E-state index in [1.807, 2.05) is 4.90 Å². The predicted octanol–water partition coefficient (Wildman–Crippen LogP) is 2.38. The van der Waals surface area contributed by atoms with Crippen LogP contribution in [0, 0.1) is 0 Å². The number of carbonyl (C=O) groups excluding carboxylic acids is 2. The highest BCUT2D eigenvalue weighted by Gasteiger charge is 2.26. The SMILES string of the molecule is O=C(NC1CCN(C(=O)NC2CCCCC2)CC1)c1ccns1. The molecule has 3 amide bonds. The molecule has 2 heterocycles. The van der Waals surface area contributed by atoms with Crippen LogP contribution in [0.15, 0.2) is 12.3 Å². The van der Waals surface area contributed by atoms with Gasteiger partial charge >= 0.3 is 6.03 Å². The van der Waals surface area contributed by atoms with E-state index in [1.54, 1.807) is 12.3 Å². The topological polar surface area (TPSA) is 74.3 Å². The molecular formula is C16H24N4O2S. The molecule has 1 aliphatic heterocycles. The summed E-state index contributed by atoms with van der Waals surface area (Å²) in [6, 6.07) is 2.28. The number of nitrogens with zero attached hydrogens (tertiary/aromatic N) is 2. The normalized spacial score (nSPS) is 20.3. The van der Waals surface area contributed by atoms with E-state index in [9.17, 15) is 9.59 Å². The summed E-state index contributed by atoms with van der Waals surface area (Å²) >= 11 is 1.21. The van der Waals surface area contributed by atoms with Crippen molar-refractivity contribution >= 4 is 23.5 Å². The van der Waals surface area contributed by atoms with Crippen molar-refractivity contribution in [2.75, 3.05) is 13.1 Å². The molecule has 1 saturated carbocycles. The third kappa shape index (κ3) is 4.43. The fourth-order valence-electron chi connectivity index (χ4n) is 3.33. The summed E-state index contributed by atoms with van der Waals surface area (Å²) in [7, 11) is 0. The number of urea groups is 1. The molecule has 126 valence electrons. The minimum Gasteiger partial charge on any atom is -0.348 e. The molecule has 23 heavy (non-hydrogen) atoms. The Morgan fingerprint density at radius 1 is 1.04 bits per heavy atom. The third-order valence-corrected chi connectivity index (χ3v) is 5.46. The summed E-state index contributed by atoms with van der Waals surface area (Å²) in [6.07, 6.45) is 9.19. The van der Waals surface area contributed by atoms with E-state index < -0.39 is 0 Å². The van der Waals surface area contributed by atoms with Gasteiger partial charge in [0.25, 0.3) is 5.91 Å². The van der Waals surface area contributed by atoms with E-state index in [4.69, 9.17) is 0 Å². The zero-order valence-electron chi connectivity index (χ0n) is 13.3. The average molecular weight is 336 g/mol. The molecule has 1 aliphatic carbocycles. The number of hydrogen-bond donors (Lipinski definition) is 2. The molecule has 1 aromatic heterocycles. The minimum atomic E-state index is -0.0578. The number of rotatable bonds is 3. The lowest BCUT2D eigenvalue weighted by Crippen LogP contribution is -2.51. The maximum atomic E-state index is 12.3. The maximum Gasteiger partial charge on any atom is 0.317 e. The first-order valence-corrected chi connectivity index (χ1v) is 9.26. The van der Waals surface area contributed by atoms with Gasteiger partial charge in [0.2, 0.25) is 0 Å². The lowest BCUT2D eigenvalue weighted by molar-refractivity contribution is 0.0921. The molecule has 1 aromatic rings. The van der Waals surface area contributed by atoms with E-state index in [0.29, 0.717) is 24.0 Å². The molecule has 3 rings (SSSR count). The van der Waals surface area contributed by atoms with Gasteiger partial charge in [-0.3, -0.25) is 4.79 Å². The summed E-state index contributed by atoms with van der Waals surface area (Å²) < 4.78 is 3.95. The molecule has 0 unspecified atom stereocenters. The number of carbonyl (C=O) groups is 2. The van der Waals surface area contributed by atoms with Crippen molar-refractivity contribution in [2.45, 2.75) is 57.0 Å². The highest BCUT2D eigenvalue weighted by molar-refractivity contribution is 7.08. The Kier molecular flexibility index (Phi) is 5.48. The van der Waals surface area contributed by atoms with Crippen molar-refractivity contribution in [3.05, 3.63) is 17.1 Å². The number of nitrogens with one attached hydrogen (secondary N) is 2. The van der Waals surface area contributed by atoms with Crippen LogP contribution in [-0.4, -0.2) is 46.4 Å². The van der Waals surface area contributed by atoms with Crippen LogP contribution in [0.1, 0.15) is 54.6 Å². The van der Waals surface area contributed by atoms with Crippen molar-refractivity contribution in [1.29, 1.82) is 0 Å². The lowest BCUT2D eigenvalue weighted by atomic mass is 9.95. The van der Waals surface area contributed by atoms with Gasteiger partial charge in [0.05, 0.1) is 0 Å². The summed E-state index contributed by atoms with van der Waals surface area (Å²) in [4.78, 5) is 26.8.